The molecule has 0 aliphatic rings. The van der Waals surface area contributed by atoms with Crippen LogP contribution in [-0.4, -0.2) is 12.0 Å². The van der Waals surface area contributed by atoms with Gasteiger partial charge in [-0.1, -0.05) is 6.08 Å². The molecule has 0 fully saturated rings. The fraction of sp³-hybridized carbons (Fsp3) is 0.222. The maximum absolute atomic E-state index is 10.2. The van der Waals surface area contributed by atoms with Gasteiger partial charge in [0, 0.05) is 5.75 Å². The van der Waals surface area contributed by atoms with Crippen molar-refractivity contribution in [3.05, 3.63) is 36.3 Å². The highest BCUT2D eigenvalue weighted by Gasteiger charge is 1.99. The quantitative estimate of drug-likeness (QED) is 0.398. The van der Waals surface area contributed by atoms with E-state index < -0.39 is 0 Å². The van der Waals surface area contributed by atoms with E-state index in [2.05, 4.69) is 6.58 Å². The Morgan fingerprint density at radius 1 is 1.58 bits per heavy atom. The molecule has 0 amide bonds. The third kappa shape index (κ3) is 2.58. The molecular formula is C9H10O2S. The lowest BCUT2D eigenvalue weighted by Gasteiger charge is -1.92. The molecule has 0 saturated heterocycles. The van der Waals surface area contributed by atoms with Crippen LogP contribution in [0.25, 0.3) is 0 Å². The third-order valence-electron chi connectivity index (χ3n) is 1.28. The summed E-state index contributed by atoms with van der Waals surface area (Å²) < 4.78 is 5.16. The molecular weight excluding hydrogens is 172 g/mol. The maximum Gasteiger partial charge on any atom is 0.185 e. The molecule has 1 rings (SSSR count). The molecule has 2 nitrogen and oxygen atoms in total. The Balaban J connectivity index is 2.41. The van der Waals surface area contributed by atoms with Crippen molar-refractivity contribution in [2.45, 2.75) is 5.75 Å². The van der Waals surface area contributed by atoms with Crippen LogP contribution in [0.4, 0.5) is 0 Å². The minimum atomic E-state index is 0.393. The molecule has 1 heterocycles. The number of thioether (sulfide) groups is 1. The lowest BCUT2D eigenvalue weighted by molar-refractivity contribution is 0.109. The van der Waals surface area contributed by atoms with E-state index in [1.54, 1.807) is 17.8 Å². The highest BCUT2D eigenvalue weighted by Crippen LogP contribution is 2.14. The van der Waals surface area contributed by atoms with Gasteiger partial charge in [0.1, 0.15) is 5.76 Å². The van der Waals surface area contributed by atoms with E-state index in [0.29, 0.717) is 12.0 Å². The molecule has 64 valence electrons. The van der Waals surface area contributed by atoms with Crippen LogP contribution >= 0.6 is 11.8 Å². The molecule has 1 aromatic heterocycles. The zero-order valence-electron chi connectivity index (χ0n) is 6.66. The molecule has 0 bridgehead atoms. The van der Waals surface area contributed by atoms with E-state index in [4.69, 9.17) is 4.42 Å². The van der Waals surface area contributed by atoms with Crippen LogP contribution in [0.1, 0.15) is 16.3 Å². The van der Waals surface area contributed by atoms with E-state index in [-0.39, 0.29) is 0 Å². The summed E-state index contributed by atoms with van der Waals surface area (Å²) in [5.74, 6) is 2.92. The topological polar surface area (TPSA) is 30.2 Å². The molecule has 0 aliphatic heterocycles. The first-order chi connectivity index (χ1) is 5.86. The lowest BCUT2D eigenvalue weighted by atomic mass is 10.4. The van der Waals surface area contributed by atoms with Crippen molar-refractivity contribution in [3.8, 4) is 0 Å². The number of aldehydes is 1. The summed E-state index contributed by atoms with van der Waals surface area (Å²) in [7, 11) is 0. The van der Waals surface area contributed by atoms with Crippen molar-refractivity contribution in [1.82, 2.24) is 0 Å². The second kappa shape index (κ2) is 4.83. The van der Waals surface area contributed by atoms with Gasteiger partial charge in [-0.2, -0.15) is 0 Å². The number of carbonyl (C=O) groups excluding carboxylic acids is 1. The van der Waals surface area contributed by atoms with Gasteiger partial charge in [-0.25, -0.2) is 0 Å². The molecule has 3 heteroatoms. The Bertz CT molecular complexity index is 265. The molecule has 0 spiro atoms. The van der Waals surface area contributed by atoms with Crippen LogP contribution in [-0.2, 0) is 5.75 Å². The Hall–Kier alpha value is -0.960. The minimum absolute atomic E-state index is 0.393. The molecule has 0 unspecified atom stereocenters. The van der Waals surface area contributed by atoms with E-state index in [0.717, 1.165) is 17.3 Å². The van der Waals surface area contributed by atoms with E-state index in [1.807, 2.05) is 12.1 Å². The first-order valence-corrected chi connectivity index (χ1v) is 4.75. The predicted molar refractivity (Wildman–Crippen MR) is 50.5 cm³/mol. The molecule has 0 radical (unpaired) electrons. The van der Waals surface area contributed by atoms with Gasteiger partial charge in [-0.05, 0) is 12.1 Å². The Labute approximate surface area is 75.6 Å². The average molecular weight is 182 g/mol. The first kappa shape index (κ1) is 9.13. The first-order valence-electron chi connectivity index (χ1n) is 3.59. The number of carbonyl (C=O) groups is 1. The fourth-order valence-electron chi connectivity index (χ4n) is 0.778. The molecule has 0 aromatic carbocycles. The number of furan rings is 1. The third-order valence-corrected chi connectivity index (χ3v) is 2.24. The maximum atomic E-state index is 10.2. The van der Waals surface area contributed by atoms with Crippen LogP contribution in [0.5, 0.6) is 0 Å². The summed E-state index contributed by atoms with van der Waals surface area (Å²) in [5, 5.41) is 0. The van der Waals surface area contributed by atoms with E-state index >= 15 is 0 Å². The predicted octanol–water partition coefficient (Wildman–Crippen LogP) is 2.51. The Morgan fingerprint density at radius 3 is 3.00 bits per heavy atom. The molecule has 12 heavy (non-hydrogen) atoms. The van der Waals surface area contributed by atoms with Crippen molar-refractivity contribution in [2.75, 3.05) is 5.75 Å². The molecule has 0 N–H and O–H groups in total. The standard InChI is InChI=1S/C9H10O2S/c1-2-5-12-7-9-4-3-8(6-10)11-9/h2-4,6H,1,5,7H2. The molecule has 0 saturated carbocycles. The molecule has 1 aromatic rings. The van der Waals surface area contributed by atoms with Crippen LogP contribution in [0.15, 0.2) is 29.2 Å². The van der Waals surface area contributed by atoms with Crippen molar-refractivity contribution in [1.29, 1.82) is 0 Å². The Kier molecular flexibility index (Phi) is 3.67. The largest absolute Gasteiger partial charge is 0.457 e. The van der Waals surface area contributed by atoms with Gasteiger partial charge in [0.05, 0.1) is 5.75 Å². The summed E-state index contributed by atoms with van der Waals surface area (Å²) in [4.78, 5) is 10.2. The smallest absolute Gasteiger partial charge is 0.185 e. The van der Waals surface area contributed by atoms with Crippen molar-refractivity contribution in [3.63, 3.8) is 0 Å². The SMILES string of the molecule is C=CCSCc1ccc(C=O)o1. The van der Waals surface area contributed by atoms with Crippen molar-refractivity contribution >= 4 is 18.0 Å². The summed E-state index contributed by atoms with van der Waals surface area (Å²) in [6.07, 6.45) is 2.55. The van der Waals surface area contributed by atoms with Gasteiger partial charge < -0.3 is 4.42 Å². The summed E-state index contributed by atoms with van der Waals surface area (Å²) in [6, 6.07) is 3.50. The summed E-state index contributed by atoms with van der Waals surface area (Å²) in [6.45, 7) is 3.61. The minimum Gasteiger partial charge on any atom is -0.457 e. The van der Waals surface area contributed by atoms with Gasteiger partial charge in [-0.15, -0.1) is 18.3 Å². The number of rotatable bonds is 5. The number of hydrogen-bond donors (Lipinski definition) is 0. The van der Waals surface area contributed by atoms with Gasteiger partial charge in [0.2, 0.25) is 0 Å². The Morgan fingerprint density at radius 2 is 2.42 bits per heavy atom. The summed E-state index contributed by atoms with van der Waals surface area (Å²) >= 11 is 1.70. The van der Waals surface area contributed by atoms with E-state index in [9.17, 15) is 4.79 Å². The van der Waals surface area contributed by atoms with Gasteiger partial charge >= 0.3 is 0 Å². The zero-order chi connectivity index (χ0) is 8.81. The van der Waals surface area contributed by atoms with Crippen LogP contribution < -0.4 is 0 Å². The molecule has 0 atom stereocenters. The fourth-order valence-corrected chi connectivity index (χ4v) is 1.42. The zero-order valence-corrected chi connectivity index (χ0v) is 7.47. The second-order valence-electron chi connectivity index (χ2n) is 2.23. The highest BCUT2D eigenvalue weighted by molar-refractivity contribution is 7.98. The van der Waals surface area contributed by atoms with Crippen LogP contribution in [0.2, 0.25) is 0 Å². The van der Waals surface area contributed by atoms with Gasteiger partial charge in [0.25, 0.3) is 0 Å². The van der Waals surface area contributed by atoms with Crippen LogP contribution in [0, 0.1) is 0 Å². The second-order valence-corrected chi connectivity index (χ2v) is 3.26. The number of hydrogen-bond acceptors (Lipinski definition) is 3. The lowest BCUT2D eigenvalue weighted by Crippen LogP contribution is -1.76. The highest BCUT2D eigenvalue weighted by atomic mass is 32.2. The van der Waals surface area contributed by atoms with Crippen molar-refractivity contribution in [2.24, 2.45) is 0 Å². The normalized spacial score (nSPS) is 9.67. The monoisotopic (exact) mass is 182 g/mol. The van der Waals surface area contributed by atoms with Gasteiger partial charge in [-0.3, -0.25) is 4.79 Å². The van der Waals surface area contributed by atoms with Crippen molar-refractivity contribution < 1.29 is 9.21 Å². The van der Waals surface area contributed by atoms with E-state index in [1.165, 1.54) is 0 Å². The molecule has 0 aliphatic carbocycles. The van der Waals surface area contributed by atoms with Gasteiger partial charge in [0.15, 0.2) is 12.0 Å². The van der Waals surface area contributed by atoms with Crippen LogP contribution in [0.3, 0.4) is 0 Å². The average Bonchev–Trinajstić information content (AvgIpc) is 2.53. The summed E-state index contributed by atoms with van der Waals surface area (Å²) in [5.41, 5.74) is 0.